The summed E-state index contributed by atoms with van der Waals surface area (Å²) in [5.74, 6) is 0.450. The highest BCUT2D eigenvalue weighted by Crippen LogP contribution is 2.45. The van der Waals surface area contributed by atoms with Crippen molar-refractivity contribution in [3.63, 3.8) is 0 Å². The Kier molecular flexibility index (Phi) is 6.10. The molecule has 2 aromatic heterocycles. The SMILES string of the molecule is CC(C)(C)CC(c1cccc(-n2c3ccccc3c3ccc4c(c5ccccc5n4-c4ccccc4)c32)c1)C(C)(C)C. The van der Waals surface area contributed by atoms with Crippen LogP contribution in [0, 0.1) is 10.8 Å². The van der Waals surface area contributed by atoms with E-state index in [1.807, 2.05) is 0 Å². The summed E-state index contributed by atoms with van der Waals surface area (Å²) in [4.78, 5) is 0. The van der Waals surface area contributed by atoms with Gasteiger partial charge in [-0.05, 0) is 71.2 Å². The van der Waals surface area contributed by atoms with Crippen LogP contribution in [-0.2, 0) is 0 Å². The Morgan fingerprint density at radius 1 is 0.524 bits per heavy atom. The Morgan fingerprint density at radius 2 is 1.14 bits per heavy atom. The summed E-state index contributed by atoms with van der Waals surface area (Å²) in [7, 11) is 0. The van der Waals surface area contributed by atoms with Crippen LogP contribution in [0.2, 0.25) is 0 Å². The van der Waals surface area contributed by atoms with E-state index in [4.69, 9.17) is 0 Å². The fourth-order valence-electron chi connectivity index (χ4n) is 7.05. The molecular formula is C40H40N2. The van der Waals surface area contributed by atoms with Gasteiger partial charge in [-0.3, -0.25) is 0 Å². The molecule has 42 heavy (non-hydrogen) atoms. The molecule has 0 bridgehead atoms. The van der Waals surface area contributed by atoms with E-state index in [2.05, 4.69) is 166 Å². The van der Waals surface area contributed by atoms with Gasteiger partial charge in [0.1, 0.15) is 0 Å². The highest BCUT2D eigenvalue weighted by atomic mass is 15.0. The van der Waals surface area contributed by atoms with Gasteiger partial charge in [0, 0.05) is 32.9 Å². The quantitative estimate of drug-likeness (QED) is 0.207. The highest BCUT2D eigenvalue weighted by molar-refractivity contribution is 6.26. The molecule has 0 radical (unpaired) electrons. The number of fused-ring (bicyclic) bond motifs is 7. The van der Waals surface area contributed by atoms with Gasteiger partial charge in [-0.2, -0.15) is 0 Å². The smallest absolute Gasteiger partial charge is 0.0641 e. The number of nitrogens with zero attached hydrogens (tertiary/aromatic N) is 2. The average molecular weight is 549 g/mol. The summed E-state index contributed by atoms with van der Waals surface area (Å²) in [5.41, 5.74) is 9.21. The molecule has 5 aromatic carbocycles. The fourth-order valence-corrected chi connectivity index (χ4v) is 7.05. The first kappa shape index (κ1) is 26.6. The minimum absolute atomic E-state index is 0.156. The standard InChI is InChI=1S/C40H40N2/c1-39(2,3)26-33(40(4,5)6)27-15-14-18-29(25-27)42-34-21-12-10-19-30(34)31-23-24-36-37(38(31)42)32-20-11-13-22-35(32)41(36)28-16-8-7-9-17-28/h7-25,33H,26H2,1-6H3. The molecule has 0 saturated carbocycles. The summed E-state index contributed by atoms with van der Waals surface area (Å²) < 4.78 is 4.94. The van der Waals surface area contributed by atoms with E-state index < -0.39 is 0 Å². The van der Waals surface area contributed by atoms with Crippen LogP contribution in [0.3, 0.4) is 0 Å². The fraction of sp³-hybridized carbons (Fsp3) is 0.250. The molecule has 7 aromatic rings. The molecule has 1 atom stereocenters. The molecule has 0 aliphatic carbocycles. The van der Waals surface area contributed by atoms with Crippen LogP contribution in [0.15, 0.2) is 115 Å². The minimum Gasteiger partial charge on any atom is -0.309 e. The van der Waals surface area contributed by atoms with Crippen molar-refractivity contribution in [3.05, 3.63) is 121 Å². The number of para-hydroxylation sites is 3. The maximum absolute atomic E-state index is 2.52. The number of rotatable bonds is 4. The number of aromatic nitrogens is 2. The Hall–Kier alpha value is -4.30. The largest absolute Gasteiger partial charge is 0.309 e. The summed E-state index contributed by atoms with van der Waals surface area (Å²) in [6.07, 6.45) is 1.14. The molecule has 0 fully saturated rings. The Balaban J connectivity index is 1.59. The second kappa shape index (κ2) is 9.63. The predicted octanol–water partition coefficient (Wildman–Crippen LogP) is 11.4. The molecule has 210 valence electrons. The molecular weight excluding hydrogens is 508 g/mol. The van der Waals surface area contributed by atoms with Crippen LogP contribution >= 0.6 is 0 Å². The van der Waals surface area contributed by atoms with Gasteiger partial charge < -0.3 is 9.13 Å². The lowest BCUT2D eigenvalue weighted by molar-refractivity contribution is 0.229. The van der Waals surface area contributed by atoms with Crippen LogP contribution in [-0.4, -0.2) is 9.13 Å². The lowest BCUT2D eigenvalue weighted by Crippen LogP contribution is -2.24. The summed E-state index contributed by atoms with van der Waals surface area (Å²) in [6.45, 7) is 14.3. The van der Waals surface area contributed by atoms with Crippen LogP contribution in [0.25, 0.3) is 55.0 Å². The lowest BCUT2D eigenvalue weighted by Gasteiger charge is -2.36. The van der Waals surface area contributed by atoms with Crippen LogP contribution in [0.5, 0.6) is 0 Å². The van der Waals surface area contributed by atoms with Crippen molar-refractivity contribution < 1.29 is 0 Å². The Bertz CT molecular complexity index is 2070. The maximum atomic E-state index is 2.52. The van der Waals surface area contributed by atoms with Gasteiger partial charge in [0.05, 0.1) is 22.1 Å². The van der Waals surface area contributed by atoms with Gasteiger partial charge in [0.25, 0.3) is 0 Å². The lowest BCUT2D eigenvalue weighted by atomic mass is 9.69. The molecule has 0 amide bonds. The van der Waals surface area contributed by atoms with Crippen LogP contribution in [0.4, 0.5) is 0 Å². The van der Waals surface area contributed by atoms with Crippen molar-refractivity contribution in [2.24, 2.45) is 10.8 Å². The molecule has 1 unspecified atom stereocenters. The molecule has 0 N–H and O–H groups in total. The topological polar surface area (TPSA) is 9.86 Å². The molecule has 2 heteroatoms. The monoisotopic (exact) mass is 548 g/mol. The molecule has 0 saturated heterocycles. The third-order valence-corrected chi connectivity index (χ3v) is 8.88. The van der Waals surface area contributed by atoms with E-state index >= 15 is 0 Å². The summed E-state index contributed by atoms with van der Waals surface area (Å²) in [5, 5.41) is 5.16. The van der Waals surface area contributed by atoms with Crippen molar-refractivity contribution in [1.82, 2.24) is 9.13 Å². The first-order valence-corrected chi connectivity index (χ1v) is 15.2. The molecule has 2 nitrogen and oxygen atoms in total. The normalized spacial score (nSPS) is 13.5. The molecule has 2 heterocycles. The van der Waals surface area contributed by atoms with Gasteiger partial charge in [0.15, 0.2) is 0 Å². The predicted molar refractivity (Wildman–Crippen MR) is 181 cm³/mol. The third-order valence-electron chi connectivity index (χ3n) is 8.88. The summed E-state index contributed by atoms with van der Waals surface area (Å²) in [6, 6.07) is 42.5. The zero-order valence-corrected chi connectivity index (χ0v) is 25.6. The molecule has 0 aliphatic heterocycles. The van der Waals surface area contributed by atoms with Gasteiger partial charge in [-0.25, -0.2) is 0 Å². The molecule has 0 spiro atoms. The number of benzene rings is 5. The van der Waals surface area contributed by atoms with E-state index in [0.717, 1.165) is 6.42 Å². The highest BCUT2D eigenvalue weighted by Gasteiger charge is 2.31. The van der Waals surface area contributed by atoms with E-state index in [9.17, 15) is 0 Å². The Morgan fingerprint density at radius 3 is 1.83 bits per heavy atom. The second-order valence-electron chi connectivity index (χ2n) is 14.2. The van der Waals surface area contributed by atoms with Crippen molar-refractivity contribution in [2.75, 3.05) is 0 Å². The molecule has 0 aliphatic rings. The van der Waals surface area contributed by atoms with Gasteiger partial charge in [-0.1, -0.05) is 114 Å². The summed E-state index contributed by atoms with van der Waals surface area (Å²) >= 11 is 0. The Labute approximate surface area is 249 Å². The van der Waals surface area contributed by atoms with Crippen molar-refractivity contribution in [2.45, 2.75) is 53.9 Å². The minimum atomic E-state index is 0.156. The number of hydrogen-bond donors (Lipinski definition) is 0. The zero-order valence-electron chi connectivity index (χ0n) is 25.6. The average Bonchev–Trinajstić information content (AvgIpc) is 3.48. The number of hydrogen-bond acceptors (Lipinski definition) is 0. The second-order valence-corrected chi connectivity index (χ2v) is 14.2. The van der Waals surface area contributed by atoms with Gasteiger partial charge >= 0.3 is 0 Å². The van der Waals surface area contributed by atoms with E-state index in [1.54, 1.807) is 0 Å². The first-order valence-electron chi connectivity index (χ1n) is 15.2. The van der Waals surface area contributed by atoms with Crippen LogP contribution < -0.4 is 0 Å². The van der Waals surface area contributed by atoms with Crippen molar-refractivity contribution in [1.29, 1.82) is 0 Å². The van der Waals surface area contributed by atoms with Gasteiger partial charge in [0.2, 0.25) is 0 Å². The van der Waals surface area contributed by atoms with E-state index in [1.165, 1.54) is 60.5 Å². The van der Waals surface area contributed by atoms with E-state index in [-0.39, 0.29) is 10.8 Å². The van der Waals surface area contributed by atoms with Gasteiger partial charge in [-0.15, -0.1) is 0 Å². The first-order chi connectivity index (χ1) is 20.1. The van der Waals surface area contributed by atoms with Crippen molar-refractivity contribution in [3.8, 4) is 11.4 Å². The van der Waals surface area contributed by atoms with E-state index in [0.29, 0.717) is 5.92 Å². The van der Waals surface area contributed by atoms with Crippen molar-refractivity contribution >= 4 is 43.6 Å². The third kappa shape index (κ3) is 4.32. The molecule has 7 rings (SSSR count). The maximum Gasteiger partial charge on any atom is 0.0641 e. The zero-order chi connectivity index (χ0) is 29.2. The van der Waals surface area contributed by atoms with Crippen LogP contribution in [0.1, 0.15) is 59.4 Å².